The molecule has 2 amide bonds. The van der Waals surface area contributed by atoms with E-state index in [2.05, 4.69) is 0 Å². The highest BCUT2D eigenvalue weighted by atomic mass is 16.5. The number of carbonyl (C=O) groups is 4. The Bertz CT molecular complexity index is 863. The fourth-order valence-corrected chi connectivity index (χ4v) is 3.15. The summed E-state index contributed by atoms with van der Waals surface area (Å²) >= 11 is 0. The molecule has 1 fully saturated rings. The second-order valence-corrected chi connectivity index (χ2v) is 6.36. The molecule has 6 nitrogen and oxygen atoms in total. The zero-order valence-corrected chi connectivity index (χ0v) is 14.8. The summed E-state index contributed by atoms with van der Waals surface area (Å²) in [5, 5.41) is 0. The van der Waals surface area contributed by atoms with Crippen molar-refractivity contribution in [3.8, 4) is 0 Å². The second kappa shape index (κ2) is 7.95. The van der Waals surface area contributed by atoms with Gasteiger partial charge in [0.15, 0.2) is 5.78 Å². The molecule has 0 aliphatic carbocycles. The summed E-state index contributed by atoms with van der Waals surface area (Å²) in [6.07, 6.45) is -0.237. The van der Waals surface area contributed by atoms with Crippen molar-refractivity contribution < 1.29 is 23.9 Å². The van der Waals surface area contributed by atoms with E-state index in [0.717, 1.165) is 10.5 Å². The lowest BCUT2D eigenvalue weighted by Gasteiger charge is -2.43. The summed E-state index contributed by atoms with van der Waals surface area (Å²) in [5.74, 6) is -2.85. The number of hydrogen-bond acceptors (Lipinski definition) is 5. The van der Waals surface area contributed by atoms with Crippen LogP contribution in [0.2, 0.25) is 0 Å². The van der Waals surface area contributed by atoms with Gasteiger partial charge >= 0.3 is 5.97 Å². The van der Waals surface area contributed by atoms with Gasteiger partial charge in [-0.05, 0) is 5.56 Å². The summed E-state index contributed by atoms with van der Waals surface area (Å²) in [5.41, 5.74) is 1.22. The Kier molecular flexibility index (Phi) is 5.45. The Hall–Kier alpha value is -3.28. The Balaban J connectivity index is 1.69. The number of amides is 2. The zero-order valence-electron chi connectivity index (χ0n) is 14.8. The van der Waals surface area contributed by atoms with E-state index in [1.54, 1.807) is 30.3 Å². The van der Waals surface area contributed by atoms with Gasteiger partial charge in [0.1, 0.15) is 12.6 Å². The number of rotatable bonds is 6. The molecule has 0 spiro atoms. The molecule has 0 radical (unpaired) electrons. The second-order valence-electron chi connectivity index (χ2n) is 6.36. The molecule has 0 bridgehead atoms. The molecular formula is C21H19NO5. The van der Waals surface area contributed by atoms with E-state index in [1.807, 2.05) is 30.3 Å². The number of carbonyl (C=O) groups excluding carboxylic acids is 4. The van der Waals surface area contributed by atoms with Gasteiger partial charge < -0.3 is 4.74 Å². The topological polar surface area (TPSA) is 80.8 Å². The monoisotopic (exact) mass is 365 g/mol. The number of ether oxygens (including phenoxy) is 1. The maximum Gasteiger partial charge on any atom is 0.307 e. The van der Waals surface area contributed by atoms with Gasteiger partial charge in [0.25, 0.3) is 0 Å². The standard InChI is InChI=1S/C21H19NO5/c1-14(23)22-19(20(25)16-10-6-3-7-11-16)17(21(22)26)12-18(24)27-13-15-8-4-2-5-9-15/h2-11,17,19H,12-13H2,1H3. The molecule has 1 aliphatic heterocycles. The normalized spacial score (nSPS) is 18.6. The quantitative estimate of drug-likeness (QED) is 0.446. The Labute approximate surface area is 156 Å². The molecule has 3 rings (SSSR count). The van der Waals surface area contributed by atoms with Gasteiger partial charge in [-0.25, -0.2) is 0 Å². The SMILES string of the molecule is CC(=O)N1C(=O)C(CC(=O)OCc2ccccc2)C1C(=O)c1ccccc1. The van der Waals surface area contributed by atoms with Gasteiger partial charge in [0.05, 0.1) is 12.3 Å². The van der Waals surface area contributed by atoms with Crippen molar-refractivity contribution in [1.82, 2.24) is 4.90 Å². The number of ketones is 1. The Morgan fingerprint density at radius 3 is 2.15 bits per heavy atom. The molecular weight excluding hydrogens is 346 g/mol. The minimum Gasteiger partial charge on any atom is -0.461 e. The van der Waals surface area contributed by atoms with E-state index in [0.29, 0.717) is 5.56 Å². The molecule has 6 heteroatoms. The first kappa shape index (κ1) is 18.5. The first-order chi connectivity index (χ1) is 13.0. The van der Waals surface area contributed by atoms with Crippen molar-refractivity contribution in [3.05, 3.63) is 71.8 Å². The van der Waals surface area contributed by atoms with Gasteiger partial charge in [0, 0.05) is 12.5 Å². The fraction of sp³-hybridized carbons (Fsp3) is 0.238. The third-order valence-electron chi connectivity index (χ3n) is 4.51. The predicted molar refractivity (Wildman–Crippen MR) is 96.4 cm³/mol. The van der Waals surface area contributed by atoms with Gasteiger partial charge in [-0.1, -0.05) is 60.7 Å². The molecule has 27 heavy (non-hydrogen) atoms. The van der Waals surface area contributed by atoms with Crippen LogP contribution in [0.1, 0.15) is 29.3 Å². The van der Waals surface area contributed by atoms with Gasteiger partial charge in [0.2, 0.25) is 11.8 Å². The number of likely N-dealkylation sites (tertiary alicyclic amines) is 1. The first-order valence-electron chi connectivity index (χ1n) is 8.61. The van der Waals surface area contributed by atoms with Crippen LogP contribution in [0.15, 0.2) is 60.7 Å². The van der Waals surface area contributed by atoms with E-state index in [4.69, 9.17) is 4.74 Å². The Morgan fingerprint density at radius 2 is 1.56 bits per heavy atom. The van der Waals surface area contributed by atoms with Crippen molar-refractivity contribution in [2.24, 2.45) is 5.92 Å². The summed E-state index contributed by atoms with van der Waals surface area (Å²) < 4.78 is 5.21. The molecule has 2 unspecified atom stereocenters. The van der Waals surface area contributed by atoms with E-state index >= 15 is 0 Å². The third kappa shape index (κ3) is 3.95. The molecule has 2 atom stereocenters. The highest BCUT2D eigenvalue weighted by Crippen LogP contribution is 2.32. The van der Waals surface area contributed by atoms with Crippen LogP contribution in [0.3, 0.4) is 0 Å². The van der Waals surface area contributed by atoms with Crippen LogP contribution in [0, 0.1) is 5.92 Å². The summed E-state index contributed by atoms with van der Waals surface area (Å²) in [4.78, 5) is 49.9. The minimum atomic E-state index is -0.971. The lowest BCUT2D eigenvalue weighted by molar-refractivity contribution is -0.167. The van der Waals surface area contributed by atoms with Crippen LogP contribution in [0.4, 0.5) is 0 Å². The van der Waals surface area contributed by atoms with Crippen molar-refractivity contribution in [2.75, 3.05) is 0 Å². The lowest BCUT2D eigenvalue weighted by atomic mass is 9.80. The number of β-lactam (4-membered cyclic amide) rings is 1. The lowest BCUT2D eigenvalue weighted by Crippen LogP contribution is -2.66. The van der Waals surface area contributed by atoms with Crippen molar-refractivity contribution >= 4 is 23.6 Å². The maximum atomic E-state index is 12.8. The average Bonchev–Trinajstić information content (AvgIpc) is 2.69. The van der Waals surface area contributed by atoms with Crippen molar-refractivity contribution in [1.29, 1.82) is 0 Å². The molecule has 0 saturated carbocycles. The molecule has 2 aromatic rings. The van der Waals surface area contributed by atoms with Gasteiger partial charge in [-0.2, -0.15) is 0 Å². The average molecular weight is 365 g/mol. The molecule has 0 aromatic heterocycles. The molecule has 0 N–H and O–H groups in total. The van der Waals surface area contributed by atoms with E-state index in [9.17, 15) is 19.2 Å². The maximum absolute atomic E-state index is 12.8. The minimum absolute atomic E-state index is 0.0916. The van der Waals surface area contributed by atoms with Crippen LogP contribution in [0.25, 0.3) is 0 Å². The van der Waals surface area contributed by atoms with Crippen LogP contribution in [-0.2, 0) is 25.7 Å². The molecule has 1 saturated heterocycles. The highest BCUT2D eigenvalue weighted by Gasteiger charge is 2.54. The van der Waals surface area contributed by atoms with E-state index < -0.39 is 29.7 Å². The number of Topliss-reactive ketones (excluding diaryl/α,β-unsaturated/α-hetero) is 1. The van der Waals surface area contributed by atoms with Crippen molar-refractivity contribution in [2.45, 2.75) is 26.0 Å². The number of esters is 1. The number of benzene rings is 2. The Morgan fingerprint density at radius 1 is 0.963 bits per heavy atom. The predicted octanol–water partition coefficient (Wildman–Crippen LogP) is 2.38. The van der Waals surface area contributed by atoms with Crippen LogP contribution in [-0.4, -0.2) is 34.5 Å². The van der Waals surface area contributed by atoms with Crippen LogP contribution in [0.5, 0.6) is 0 Å². The molecule has 2 aromatic carbocycles. The summed E-state index contributed by atoms with van der Waals surface area (Å²) in [7, 11) is 0. The largest absolute Gasteiger partial charge is 0.461 e. The zero-order chi connectivity index (χ0) is 19.4. The van der Waals surface area contributed by atoms with Crippen molar-refractivity contribution in [3.63, 3.8) is 0 Å². The highest BCUT2D eigenvalue weighted by molar-refractivity contribution is 6.14. The molecule has 1 aliphatic rings. The third-order valence-corrected chi connectivity index (χ3v) is 4.51. The summed E-state index contributed by atoms with van der Waals surface area (Å²) in [6.45, 7) is 1.32. The van der Waals surface area contributed by atoms with Gasteiger partial charge in [-0.3, -0.25) is 24.1 Å². The molecule has 1 heterocycles. The first-order valence-corrected chi connectivity index (χ1v) is 8.61. The van der Waals surface area contributed by atoms with Gasteiger partial charge in [-0.15, -0.1) is 0 Å². The number of imide groups is 1. The van der Waals surface area contributed by atoms with E-state index in [-0.39, 0.29) is 18.8 Å². The number of hydrogen-bond donors (Lipinski definition) is 0. The van der Waals surface area contributed by atoms with Crippen LogP contribution < -0.4 is 0 Å². The molecule has 138 valence electrons. The smallest absolute Gasteiger partial charge is 0.307 e. The van der Waals surface area contributed by atoms with E-state index in [1.165, 1.54) is 6.92 Å². The number of nitrogens with zero attached hydrogens (tertiary/aromatic N) is 1. The fourth-order valence-electron chi connectivity index (χ4n) is 3.15. The van der Waals surface area contributed by atoms with Crippen LogP contribution >= 0.6 is 0 Å². The summed E-state index contributed by atoms with van der Waals surface area (Å²) in [6, 6.07) is 16.6.